The van der Waals surface area contributed by atoms with Crippen LogP contribution in [0.3, 0.4) is 0 Å². The highest BCUT2D eigenvalue weighted by Gasteiger charge is 2.34. The van der Waals surface area contributed by atoms with Gasteiger partial charge in [0.15, 0.2) is 0 Å². The number of carboxylic acids is 1. The molecule has 1 fully saturated rings. The van der Waals surface area contributed by atoms with Gasteiger partial charge < -0.3 is 26.4 Å². The molecule has 0 aromatic carbocycles. The van der Waals surface area contributed by atoms with Gasteiger partial charge in [0.25, 0.3) is 0 Å². The highest BCUT2D eigenvalue weighted by molar-refractivity contribution is 7.80. The molecule has 0 aromatic heterocycles. The Bertz CT molecular complexity index is 459. The first-order valence-electron chi connectivity index (χ1n) is 6.81. The van der Waals surface area contributed by atoms with Crippen molar-refractivity contribution in [2.75, 3.05) is 25.4 Å². The number of likely N-dealkylation sites (tertiary alicyclic amines) is 1. The number of nitrogens with zero attached hydrogens (tertiary/aromatic N) is 1. The average Bonchev–Trinajstić information content (AvgIpc) is 2.99. The molecule has 22 heavy (non-hydrogen) atoms. The second kappa shape index (κ2) is 8.59. The van der Waals surface area contributed by atoms with Crippen molar-refractivity contribution < 1.29 is 24.3 Å². The summed E-state index contributed by atoms with van der Waals surface area (Å²) in [6.07, 6.45) is 1.02. The molecule has 1 rings (SSSR count). The van der Waals surface area contributed by atoms with E-state index < -0.39 is 35.8 Å². The number of carbonyl (C=O) groups excluding carboxylic acids is 3. The summed E-state index contributed by atoms with van der Waals surface area (Å²) in [5, 5.41) is 13.7. The summed E-state index contributed by atoms with van der Waals surface area (Å²) < 4.78 is 0. The second-order valence-electron chi connectivity index (χ2n) is 4.81. The van der Waals surface area contributed by atoms with Crippen LogP contribution in [-0.4, -0.2) is 71.2 Å². The minimum absolute atomic E-state index is 0.0488. The summed E-state index contributed by atoms with van der Waals surface area (Å²) in [4.78, 5) is 47.2. The van der Waals surface area contributed by atoms with Gasteiger partial charge in [-0.05, 0) is 12.8 Å². The Morgan fingerprint density at radius 2 is 2.05 bits per heavy atom. The van der Waals surface area contributed by atoms with Crippen LogP contribution in [0.1, 0.15) is 12.8 Å². The summed E-state index contributed by atoms with van der Waals surface area (Å²) in [6.45, 7) is -0.235. The number of thiol groups is 1. The summed E-state index contributed by atoms with van der Waals surface area (Å²) >= 11 is 3.95. The molecular weight excluding hydrogens is 312 g/mol. The van der Waals surface area contributed by atoms with Gasteiger partial charge in [-0.25, -0.2) is 4.79 Å². The molecule has 1 aliphatic rings. The van der Waals surface area contributed by atoms with Gasteiger partial charge in [-0.2, -0.15) is 12.6 Å². The maximum absolute atomic E-state index is 12.0. The number of aliphatic carboxylic acids is 1. The van der Waals surface area contributed by atoms with E-state index in [1.54, 1.807) is 0 Å². The van der Waals surface area contributed by atoms with E-state index in [1.165, 1.54) is 4.90 Å². The SMILES string of the molecule is NCC(=O)NC(CS)C(=O)NCC(=O)N1CCCC1C(=O)O. The molecule has 3 amide bonds. The molecule has 0 aliphatic carbocycles. The van der Waals surface area contributed by atoms with Crippen LogP contribution in [0.2, 0.25) is 0 Å². The monoisotopic (exact) mass is 332 g/mol. The first-order chi connectivity index (χ1) is 10.4. The van der Waals surface area contributed by atoms with Gasteiger partial charge in [0, 0.05) is 12.3 Å². The van der Waals surface area contributed by atoms with Gasteiger partial charge in [0.1, 0.15) is 12.1 Å². The lowest BCUT2D eigenvalue weighted by Gasteiger charge is -2.22. The standard InChI is InChI=1S/C12H20N4O5S/c13-4-9(17)15-7(6-22)11(19)14-5-10(18)16-3-1-2-8(16)12(20)21/h7-8,22H,1-6,13H2,(H,14,19)(H,15,17)(H,20,21). The van der Waals surface area contributed by atoms with E-state index in [1.807, 2.05) is 0 Å². The van der Waals surface area contributed by atoms with Crippen LogP contribution >= 0.6 is 12.6 Å². The zero-order valence-electron chi connectivity index (χ0n) is 11.9. The fourth-order valence-corrected chi connectivity index (χ4v) is 2.41. The van der Waals surface area contributed by atoms with Crippen molar-refractivity contribution in [3.8, 4) is 0 Å². The summed E-state index contributed by atoms with van der Waals surface area (Å²) in [7, 11) is 0. The largest absolute Gasteiger partial charge is 0.480 e. The number of carboxylic acid groups (broad SMARTS) is 1. The van der Waals surface area contributed by atoms with E-state index >= 15 is 0 Å². The Balaban J connectivity index is 2.50. The van der Waals surface area contributed by atoms with E-state index in [0.717, 1.165) is 0 Å². The van der Waals surface area contributed by atoms with Crippen molar-refractivity contribution in [3.05, 3.63) is 0 Å². The summed E-state index contributed by atoms with van der Waals surface area (Å²) in [5.74, 6) is -2.56. The number of hydrogen-bond donors (Lipinski definition) is 5. The Morgan fingerprint density at radius 3 is 2.59 bits per heavy atom. The average molecular weight is 332 g/mol. The number of carbonyl (C=O) groups is 4. The molecule has 124 valence electrons. The Kier molecular flexibility index (Phi) is 7.12. The lowest BCUT2D eigenvalue weighted by atomic mass is 10.2. The van der Waals surface area contributed by atoms with Crippen LogP contribution in [0, 0.1) is 0 Å². The van der Waals surface area contributed by atoms with Crippen LogP contribution in [-0.2, 0) is 19.2 Å². The minimum atomic E-state index is -1.05. The lowest BCUT2D eigenvalue weighted by Crippen LogP contribution is -2.52. The molecule has 10 heteroatoms. The highest BCUT2D eigenvalue weighted by atomic mass is 32.1. The van der Waals surface area contributed by atoms with E-state index in [-0.39, 0.29) is 18.8 Å². The van der Waals surface area contributed by atoms with Gasteiger partial charge in [-0.3, -0.25) is 14.4 Å². The third kappa shape index (κ3) is 4.88. The van der Waals surface area contributed by atoms with Crippen LogP contribution in [0.4, 0.5) is 0 Å². The van der Waals surface area contributed by atoms with Crippen molar-refractivity contribution in [2.45, 2.75) is 24.9 Å². The van der Waals surface area contributed by atoms with Crippen molar-refractivity contribution in [1.82, 2.24) is 15.5 Å². The number of hydrogen-bond acceptors (Lipinski definition) is 6. The van der Waals surface area contributed by atoms with Crippen molar-refractivity contribution in [2.24, 2.45) is 5.73 Å². The molecule has 2 unspecified atom stereocenters. The molecular formula is C12H20N4O5S. The summed E-state index contributed by atoms with van der Waals surface area (Å²) in [6, 6.07) is -1.75. The van der Waals surface area contributed by atoms with E-state index in [0.29, 0.717) is 19.4 Å². The predicted octanol–water partition coefficient (Wildman–Crippen LogP) is -2.45. The van der Waals surface area contributed by atoms with E-state index in [4.69, 9.17) is 10.8 Å². The lowest BCUT2D eigenvalue weighted by molar-refractivity contribution is -0.148. The van der Waals surface area contributed by atoms with Crippen molar-refractivity contribution >= 4 is 36.3 Å². The molecule has 1 aliphatic heterocycles. The molecule has 0 saturated carbocycles. The molecule has 1 heterocycles. The van der Waals surface area contributed by atoms with Crippen LogP contribution in [0.15, 0.2) is 0 Å². The molecule has 0 radical (unpaired) electrons. The first kappa shape index (κ1) is 18.2. The number of amides is 3. The van der Waals surface area contributed by atoms with Crippen LogP contribution in [0.5, 0.6) is 0 Å². The third-order valence-electron chi connectivity index (χ3n) is 3.29. The van der Waals surface area contributed by atoms with Gasteiger partial charge in [-0.1, -0.05) is 0 Å². The third-order valence-corrected chi connectivity index (χ3v) is 3.66. The minimum Gasteiger partial charge on any atom is -0.480 e. The van der Waals surface area contributed by atoms with Gasteiger partial charge in [0.2, 0.25) is 17.7 Å². The normalized spacial score (nSPS) is 18.6. The van der Waals surface area contributed by atoms with Crippen LogP contribution < -0.4 is 16.4 Å². The molecule has 0 spiro atoms. The Morgan fingerprint density at radius 1 is 1.36 bits per heavy atom. The Hall–Kier alpha value is -1.81. The zero-order valence-corrected chi connectivity index (χ0v) is 12.8. The van der Waals surface area contributed by atoms with Gasteiger partial charge >= 0.3 is 5.97 Å². The number of rotatable bonds is 7. The number of nitrogens with two attached hydrogens (primary N) is 1. The second-order valence-corrected chi connectivity index (χ2v) is 5.17. The molecule has 2 atom stereocenters. The van der Waals surface area contributed by atoms with E-state index in [9.17, 15) is 19.2 Å². The number of nitrogens with one attached hydrogen (secondary N) is 2. The predicted molar refractivity (Wildman–Crippen MR) is 80.2 cm³/mol. The van der Waals surface area contributed by atoms with Crippen LogP contribution in [0.25, 0.3) is 0 Å². The molecule has 0 bridgehead atoms. The smallest absolute Gasteiger partial charge is 0.326 e. The topological polar surface area (TPSA) is 142 Å². The van der Waals surface area contributed by atoms with Gasteiger partial charge in [-0.15, -0.1) is 0 Å². The highest BCUT2D eigenvalue weighted by Crippen LogP contribution is 2.17. The van der Waals surface area contributed by atoms with Crippen molar-refractivity contribution in [1.29, 1.82) is 0 Å². The van der Waals surface area contributed by atoms with Gasteiger partial charge in [0.05, 0.1) is 13.1 Å². The fourth-order valence-electron chi connectivity index (χ4n) is 2.16. The Labute approximate surface area is 133 Å². The van der Waals surface area contributed by atoms with Crippen molar-refractivity contribution in [3.63, 3.8) is 0 Å². The first-order valence-corrected chi connectivity index (χ1v) is 7.44. The quantitative estimate of drug-likeness (QED) is 0.328. The molecule has 9 nitrogen and oxygen atoms in total. The summed E-state index contributed by atoms with van der Waals surface area (Å²) in [5.41, 5.74) is 5.14. The maximum atomic E-state index is 12.0. The molecule has 5 N–H and O–H groups in total. The maximum Gasteiger partial charge on any atom is 0.326 e. The fraction of sp³-hybridized carbons (Fsp3) is 0.667. The zero-order chi connectivity index (χ0) is 16.7. The molecule has 0 aromatic rings. The molecule has 1 saturated heterocycles. The van der Waals surface area contributed by atoms with E-state index in [2.05, 4.69) is 23.3 Å².